The zero-order valence-electron chi connectivity index (χ0n) is 14.9. The van der Waals surface area contributed by atoms with E-state index in [1.54, 1.807) is 24.3 Å². The number of alkyl halides is 2. The standard InChI is InChI=1S/C22H14Cl4O3/c1-2-11-9-10-21(25)19(28)17(23)18(24)20(29)22(21,26)16(11)15-13-6-4-3-5-12(13)7-8-14(15)27/h2-9,16,27H,1,10H2. The van der Waals surface area contributed by atoms with Gasteiger partial charge in [0.25, 0.3) is 0 Å². The Bertz CT molecular complexity index is 1170. The van der Waals surface area contributed by atoms with E-state index >= 15 is 0 Å². The molecule has 2 aliphatic rings. The van der Waals surface area contributed by atoms with Crippen molar-refractivity contribution in [2.75, 3.05) is 0 Å². The van der Waals surface area contributed by atoms with E-state index in [0.717, 1.165) is 5.39 Å². The second-order valence-corrected chi connectivity index (χ2v) is 9.06. The quantitative estimate of drug-likeness (QED) is 0.556. The van der Waals surface area contributed by atoms with Crippen molar-refractivity contribution in [3.05, 3.63) is 76.3 Å². The third-order valence-corrected chi connectivity index (χ3v) is 7.93. The highest BCUT2D eigenvalue weighted by Crippen LogP contribution is 2.61. The van der Waals surface area contributed by atoms with Gasteiger partial charge in [-0.15, -0.1) is 23.2 Å². The van der Waals surface area contributed by atoms with Crippen LogP contribution in [0.3, 0.4) is 0 Å². The Morgan fingerprint density at radius 3 is 2.38 bits per heavy atom. The number of carbonyl (C=O) groups excluding carboxylic acids is 2. The number of Topliss-reactive ketones (excluding diaryl/α,β-unsaturated/α-hetero) is 2. The Balaban J connectivity index is 2.13. The van der Waals surface area contributed by atoms with Crippen LogP contribution in [0.2, 0.25) is 0 Å². The predicted octanol–water partition coefficient (Wildman–Crippen LogP) is 5.94. The number of fused-ring (bicyclic) bond motifs is 2. The van der Waals surface area contributed by atoms with E-state index in [1.165, 1.54) is 12.1 Å². The summed E-state index contributed by atoms with van der Waals surface area (Å²) in [6.45, 7) is 3.82. The molecule has 0 fully saturated rings. The van der Waals surface area contributed by atoms with Crippen molar-refractivity contribution in [3.8, 4) is 5.75 Å². The molecule has 1 N–H and O–H groups in total. The normalized spacial score (nSPS) is 29.7. The van der Waals surface area contributed by atoms with E-state index in [1.807, 2.05) is 12.1 Å². The largest absolute Gasteiger partial charge is 0.508 e. The summed E-state index contributed by atoms with van der Waals surface area (Å²) in [5.74, 6) is -2.54. The summed E-state index contributed by atoms with van der Waals surface area (Å²) in [6, 6.07) is 10.6. The van der Waals surface area contributed by atoms with Gasteiger partial charge in [0.2, 0.25) is 0 Å². The van der Waals surface area contributed by atoms with Crippen LogP contribution in [0, 0.1) is 0 Å². The van der Waals surface area contributed by atoms with Crippen LogP contribution in [0.4, 0.5) is 0 Å². The monoisotopic (exact) mass is 466 g/mol. The van der Waals surface area contributed by atoms with Crippen molar-refractivity contribution in [2.24, 2.45) is 0 Å². The lowest BCUT2D eigenvalue weighted by molar-refractivity contribution is -0.127. The number of hydrogen-bond donors (Lipinski definition) is 1. The maximum absolute atomic E-state index is 13.3. The van der Waals surface area contributed by atoms with Gasteiger partial charge in [-0.1, -0.05) is 72.3 Å². The Labute approximate surface area is 187 Å². The average molecular weight is 468 g/mol. The minimum absolute atomic E-state index is 0.0353. The number of aromatic hydroxyl groups is 1. The van der Waals surface area contributed by atoms with Crippen molar-refractivity contribution in [3.63, 3.8) is 0 Å². The molecule has 3 atom stereocenters. The van der Waals surface area contributed by atoms with Crippen LogP contribution >= 0.6 is 46.4 Å². The fraction of sp³-hybridized carbons (Fsp3) is 0.182. The Hall–Kier alpha value is -1.78. The molecule has 2 aromatic carbocycles. The molecule has 4 rings (SSSR count). The number of rotatable bonds is 2. The molecular formula is C22H14Cl4O3. The van der Waals surface area contributed by atoms with Gasteiger partial charge in [-0.3, -0.25) is 9.59 Å². The first-order valence-electron chi connectivity index (χ1n) is 8.74. The number of ketones is 2. The summed E-state index contributed by atoms with van der Waals surface area (Å²) >= 11 is 25.9. The summed E-state index contributed by atoms with van der Waals surface area (Å²) in [4.78, 5) is 22.5. The first kappa shape index (κ1) is 20.5. The SMILES string of the molecule is C=CC1=CCC2(Cl)C(=O)C(Cl)=C(Cl)C(=O)C2(Cl)C1c1c(O)ccc2ccccc12. The van der Waals surface area contributed by atoms with E-state index in [0.29, 0.717) is 16.5 Å². The summed E-state index contributed by atoms with van der Waals surface area (Å²) in [5.41, 5.74) is 0.934. The van der Waals surface area contributed by atoms with Crippen LogP contribution in [-0.4, -0.2) is 26.4 Å². The zero-order chi connectivity index (χ0) is 21.1. The molecule has 7 heteroatoms. The molecule has 0 saturated heterocycles. The highest BCUT2D eigenvalue weighted by atomic mass is 35.5. The maximum atomic E-state index is 13.3. The molecule has 29 heavy (non-hydrogen) atoms. The van der Waals surface area contributed by atoms with Gasteiger partial charge in [-0.05, 0) is 28.8 Å². The van der Waals surface area contributed by atoms with E-state index in [4.69, 9.17) is 46.4 Å². The van der Waals surface area contributed by atoms with Gasteiger partial charge in [0, 0.05) is 11.5 Å². The van der Waals surface area contributed by atoms with Gasteiger partial charge in [0.15, 0.2) is 11.6 Å². The van der Waals surface area contributed by atoms with Crippen LogP contribution in [0.1, 0.15) is 17.9 Å². The number of halogens is 4. The smallest absolute Gasteiger partial charge is 0.199 e. The van der Waals surface area contributed by atoms with E-state index in [2.05, 4.69) is 6.58 Å². The highest BCUT2D eigenvalue weighted by molar-refractivity contribution is 6.66. The fourth-order valence-electron chi connectivity index (χ4n) is 4.24. The van der Waals surface area contributed by atoms with Gasteiger partial charge in [-0.25, -0.2) is 0 Å². The molecule has 0 spiro atoms. The molecule has 0 heterocycles. The van der Waals surface area contributed by atoms with Crippen molar-refractivity contribution in [1.82, 2.24) is 0 Å². The molecule has 0 amide bonds. The Morgan fingerprint density at radius 1 is 1.03 bits per heavy atom. The van der Waals surface area contributed by atoms with Gasteiger partial charge >= 0.3 is 0 Å². The number of allylic oxidation sites excluding steroid dienone is 5. The van der Waals surface area contributed by atoms with Crippen LogP contribution in [-0.2, 0) is 9.59 Å². The minimum Gasteiger partial charge on any atom is -0.508 e. The molecule has 0 radical (unpaired) electrons. The summed E-state index contributed by atoms with van der Waals surface area (Å²) in [5, 5.41) is 11.4. The molecule has 148 valence electrons. The number of phenolic OH excluding ortho intramolecular Hbond substituents is 1. The van der Waals surface area contributed by atoms with E-state index < -0.39 is 37.3 Å². The van der Waals surface area contributed by atoms with Crippen LogP contribution in [0.25, 0.3) is 10.8 Å². The van der Waals surface area contributed by atoms with Crippen LogP contribution < -0.4 is 0 Å². The molecular weight excluding hydrogens is 454 g/mol. The molecule has 0 bridgehead atoms. The number of carbonyl (C=O) groups is 2. The van der Waals surface area contributed by atoms with Crippen molar-refractivity contribution in [1.29, 1.82) is 0 Å². The first-order chi connectivity index (χ1) is 13.7. The lowest BCUT2D eigenvalue weighted by Gasteiger charge is -2.50. The number of hydrogen-bond acceptors (Lipinski definition) is 3. The molecule has 0 aromatic heterocycles. The highest BCUT2D eigenvalue weighted by Gasteiger charge is 2.68. The summed E-state index contributed by atoms with van der Waals surface area (Å²) in [6.07, 6.45) is 3.20. The third kappa shape index (κ3) is 2.58. The second kappa shape index (κ2) is 6.88. The average Bonchev–Trinajstić information content (AvgIpc) is 2.73. The topological polar surface area (TPSA) is 54.4 Å². The maximum Gasteiger partial charge on any atom is 0.199 e. The van der Waals surface area contributed by atoms with Gasteiger partial charge in [0.1, 0.15) is 25.6 Å². The Kier molecular flexibility index (Phi) is 4.86. The molecule has 3 nitrogen and oxygen atoms in total. The fourth-order valence-corrected chi connectivity index (χ4v) is 5.68. The van der Waals surface area contributed by atoms with Crippen molar-refractivity contribution >= 4 is 68.7 Å². The van der Waals surface area contributed by atoms with Crippen LogP contribution in [0.5, 0.6) is 5.75 Å². The lowest BCUT2D eigenvalue weighted by atomic mass is 9.62. The number of phenols is 1. The molecule has 0 aliphatic heterocycles. The van der Waals surface area contributed by atoms with Crippen LogP contribution in [0.15, 0.2) is 70.8 Å². The van der Waals surface area contributed by atoms with E-state index in [9.17, 15) is 14.7 Å². The van der Waals surface area contributed by atoms with Gasteiger partial charge in [0.05, 0.1) is 0 Å². The first-order valence-corrected chi connectivity index (χ1v) is 10.3. The third-order valence-electron chi connectivity index (χ3n) is 5.68. The summed E-state index contributed by atoms with van der Waals surface area (Å²) in [7, 11) is 0. The second-order valence-electron chi connectivity index (χ2n) is 7.06. The zero-order valence-corrected chi connectivity index (χ0v) is 17.9. The van der Waals surface area contributed by atoms with Gasteiger partial charge in [-0.2, -0.15) is 0 Å². The molecule has 2 aliphatic carbocycles. The van der Waals surface area contributed by atoms with Crippen molar-refractivity contribution in [2.45, 2.75) is 22.1 Å². The van der Waals surface area contributed by atoms with Gasteiger partial charge < -0.3 is 5.11 Å². The number of benzene rings is 2. The minimum atomic E-state index is -2.00. The summed E-state index contributed by atoms with van der Waals surface area (Å²) < 4.78 is 0. The molecule has 3 unspecified atom stereocenters. The molecule has 2 aromatic rings. The van der Waals surface area contributed by atoms with Crippen molar-refractivity contribution < 1.29 is 14.7 Å². The van der Waals surface area contributed by atoms with E-state index in [-0.39, 0.29) is 12.2 Å². The Morgan fingerprint density at radius 2 is 1.69 bits per heavy atom. The predicted molar refractivity (Wildman–Crippen MR) is 117 cm³/mol. The lowest BCUT2D eigenvalue weighted by Crippen LogP contribution is -2.64. The molecule has 0 saturated carbocycles.